The Morgan fingerprint density at radius 1 is 1.10 bits per heavy atom. The molecule has 1 N–H and O–H groups in total. The normalized spacial score (nSPS) is 11.6. The smallest absolute Gasteiger partial charge is 0.245 e. The highest BCUT2D eigenvalue weighted by atomic mass is 32.2. The van der Waals surface area contributed by atoms with Crippen molar-refractivity contribution in [2.45, 2.75) is 17.2 Å². The number of aromatic nitrogens is 2. The maximum absolute atomic E-state index is 13.1. The number of rotatable bonds is 6. The van der Waals surface area contributed by atoms with Gasteiger partial charge < -0.3 is 14.4 Å². The molecule has 0 unspecified atom stereocenters. The van der Waals surface area contributed by atoms with Gasteiger partial charge in [0.2, 0.25) is 5.91 Å². The molecule has 0 saturated heterocycles. The zero-order valence-electron chi connectivity index (χ0n) is 15.1. The lowest BCUT2D eigenvalue weighted by molar-refractivity contribution is -0.116. The summed E-state index contributed by atoms with van der Waals surface area (Å²) in [4.78, 5) is 12.4. The summed E-state index contributed by atoms with van der Waals surface area (Å²) in [6.45, 7) is -0.0978. The zero-order valence-corrected chi connectivity index (χ0v) is 15.9. The summed E-state index contributed by atoms with van der Waals surface area (Å²) in [7, 11) is -3.72. The predicted molar refractivity (Wildman–Crippen MR) is 104 cm³/mol. The number of hydrogen-bond acceptors (Lipinski definition) is 5. The molecule has 0 atom stereocenters. The Bertz CT molecular complexity index is 1260. The fourth-order valence-electron chi connectivity index (χ4n) is 3.08. The zero-order chi connectivity index (χ0) is 20.4. The molecule has 0 spiro atoms. The molecule has 1 amide bonds. The number of hydrogen-bond donors (Lipinski definition) is 1. The van der Waals surface area contributed by atoms with Crippen LogP contribution in [0.4, 0.5) is 10.2 Å². The third-order valence-electron chi connectivity index (χ3n) is 4.38. The fraction of sp³-hybridized carbons (Fsp3) is 0.100. The van der Waals surface area contributed by atoms with Crippen LogP contribution in [0.1, 0.15) is 5.56 Å². The molecule has 0 aliphatic carbocycles. The van der Waals surface area contributed by atoms with Gasteiger partial charge in [-0.1, -0.05) is 35.5 Å². The molecule has 0 saturated carbocycles. The van der Waals surface area contributed by atoms with E-state index < -0.39 is 15.7 Å². The molecular weight excluding hydrogens is 397 g/mol. The van der Waals surface area contributed by atoms with Crippen molar-refractivity contribution >= 4 is 32.5 Å². The maximum atomic E-state index is 13.1. The summed E-state index contributed by atoms with van der Waals surface area (Å²) in [6, 6.07) is 13.8. The van der Waals surface area contributed by atoms with Crippen LogP contribution >= 0.6 is 0 Å². The third kappa shape index (κ3) is 4.04. The minimum Gasteiger partial charge on any atom is -0.363 e. The number of para-hydroxylation sites is 1. The van der Waals surface area contributed by atoms with Crippen molar-refractivity contribution in [1.82, 2.24) is 9.72 Å². The Kier molecular flexibility index (Phi) is 4.89. The van der Waals surface area contributed by atoms with E-state index in [9.17, 15) is 17.6 Å². The highest BCUT2D eigenvalue weighted by Crippen LogP contribution is 2.28. The Hall–Kier alpha value is -3.46. The van der Waals surface area contributed by atoms with Crippen molar-refractivity contribution in [2.75, 3.05) is 5.32 Å². The molecule has 29 heavy (non-hydrogen) atoms. The van der Waals surface area contributed by atoms with Crippen LogP contribution in [0.5, 0.6) is 0 Å². The number of sulfone groups is 1. The molecule has 2 aromatic heterocycles. The Balaban J connectivity index is 1.66. The molecule has 2 heterocycles. The first-order valence-corrected chi connectivity index (χ1v) is 10.3. The van der Waals surface area contributed by atoms with E-state index in [0.717, 1.165) is 0 Å². The lowest BCUT2D eigenvalue weighted by Crippen LogP contribution is -2.18. The number of nitrogens with zero attached hydrogens (tertiary/aromatic N) is 2. The molecule has 0 aliphatic heterocycles. The standard InChI is InChI=1S/C20H16FN3O4S/c21-15-7-5-14(6-8-15)13-29(26,27)18-11-24(17-4-2-1-3-16(17)18)12-20(25)22-19-9-10-28-23-19/h1-11H,12-13H2,(H,22,23,25). The number of carbonyl (C=O) groups excluding carboxylic acids is 1. The van der Waals surface area contributed by atoms with Crippen LogP contribution in [0.15, 0.2) is 76.5 Å². The predicted octanol–water partition coefficient (Wildman–Crippen LogP) is 3.38. The van der Waals surface area contributed by atoms with Gasteiger partial charge in [0.15, 0.2) is 15.7 Å². The molecule has 0 radical (unpaired) electrons. The monoisotopic (exact) mass is 413 g/mol. The van der Waals surface area contributed by atoms with Crippen molar-refractivity contribution in [1.29, 1.82) is 0 Å². The molecule has 0 fully saturated rings. The van der Waals surface area contributed by atoms with Gasteiger partial charge in [0.25, 0.3) is 0 Å². The van der Waals surface area contributed by atoms with E-state index >= 15 is 0 Å². The Morgan fingerprint density at radius 3 is 2.59 bits per heavy atom. The highest BCUT2D eigenvalue weighted by molar-refractivity contribution is 7.90. The van der Waals surface area contributed by atoms with E-state index in [4.69, 9.17) is 0 Å². The van der Waals surface area contributed by atoms with Crippen molar-refractivity contribution in [3.8, 4) is 0 Å². The molecule has 7 nitrogen and oxygen atoms in total. The first kappa shape index (κ1) is 18.9. The van der Waals surface area contributed by atoms with E-state index in [1.54, 1.807) is 28.8 Å². The van der Waals surface area contributed by atoms with Crippen LogP contribution in [0, 0.1) is 5.82 Å². The van der Waals surface area contributed by atoms with E-state index in [1.807, 2.05) is 0 Å². The van der Waals surface area contributed by atoms with Crippen LogP contribution in [-0.2, 0) is 26.9 Å². The minimum absolute atomic E-state index is 0.0978. The maximum Gasteiger partial charge on any atom is 0.245 e. The fourth-order valence-corrected chi connectivity index (χ4v) is 4.67. The number of fused-ring (bicyclic) bond motifs is 1. The van der Waals surface area contributed by atoms with Crippen molar-refractivity contribution in [3.63, 3.8) is 0 Å². The van der Waals surface area contributed by atoms with Crippen LogP contribution in [0.25, 0.3) is 10.9 Å². The number of amides is 1. The summed E-state index contributed by atoms with van der Waals surface area (Å²) >= 11 is 0. The molecule has 0 aliphatic rings. The SMILES string of the molecule is O=C(Cn1cc(S(=O)(=O)Cc2ccc(F)cc2)c2ccccc21)Nc1ccon1. The van der Waals surface area contributed by atoms with Crippen molar-refractivity contribution in [2.24, 2.45) is 0 Å². The van der Waals surface area contributed by atoms with Crippen LogP contribution in [-0.4, -0.2) is 24.0 Å². The first-order valence-electron chi connectivity index (χ1n) is 8.68. The Labute approximate surface area is 165 Å². The third-order valence-corrected chi connectivity index (χ3v) is 6.09. The lowest BCUT2D eigenvalue weighted by atomic mass is 10.2. The lowest BCUT2D eigenvalue weighted by Gasteiger charge is -2.04. The number of nitrogens with one attached hydrogen (secondary N) is 1. The molecule has 148 valence electrons. The molecular formula is C20H16FN3O4S. The van der Waals surface area contributed by atoms with Crippen LogP contribution in [0.2, 0.25) is 0 Å². The summed E-state index contributed by atoms with van der Waals surface area (Å²) < 4.78 is 45.4. The molecule has 0 bridgehead atoms. The van der Waals surface area contributed by atoms with Gasteiger partial charge in [-0.25, -0.2) is 12.8 Å². The van der Waals surface area contributed by atoms with Crippen LogP contribution in [0.3, 0.4) is 0 Å². The molecule has 4 rings (SSSR count). The molecule has 4 aromatic rings. The second-order valence-corrected chi connectivity index (χ2v) is 8.41. The average Bonchev–Trinajstić information content (AvgIpc) is 3.32. The van der Waals surface area contributed by atoms with Gasteiger partial charge in [-0.15, -0.1) is 0 Å². The van der Waals surface area contributed by atoms with Crippen molar-refractivity contribution < 1.29 is 22.1 Å². The summed E-state index contributed by atoms with van der Waals surface area (Å²) in [5.74, 6) is -0.800. The van der Waals surface area contributed by atoms with Gasteiger partial charge in [-0.05, 0) is 23.8 Å². The second-order valence-electron chi connectivity index (χ2n) is 6.46. The van der Waals surface area contributed by atoms with Gasteiger partial charge in [-0.3, -0.25) is 4.79 Å². The summed E-state index contributed by atoms with van der Waals surface area (Å²) in [5.41, 5.74) is 1.09. The number of anilines is 1. The molecule has 2 aromatic carbocycles. The summed E-state index contributed by atoms with van der Waals surface area (Å²) in [5, 5.41) is 6.71. The van der Waals surface area contributed by atoms with Gasteiger partial charge in [0.1, 0.15) is 18.6 Å². The van der Waals surface area contributed by atoms with E-state index in [-0.39, 0.29) is 28.9 Å². The van der Waals surface area contributed by atoms with E-state index in [1.165, 1.54) is 42.8 Å². The summed E-state index contributed by atoms with van der Waals surface area (Å²) in [6.07, 6.45) is 2.78. The van der Waals surface area contributed by atoms with Gasteiger partial charge in [0.05, 0.1) is 10.6 Å². The minimum atomic E-state index is -3.72. The van der Waals surface area contributed by atoms with E-state index in [0.29, 0.717) is 16.5 Å². The Morgan fingerprint density at radius 2 is 1.86 bits per heavy atom. The quantitative estimate of drug-likeness (QED) is 0.523. The molecule has 9 heteroatoms. The average molecular weight is 413 g/mol. The topological polar surface area (TPSA) is 94.2 Å². The number of carbonyl (C=O) groups is 1. The number of halogens is 1. The van der Waals surface area contributed by atoms with E-state index in [2.05, 4.69) is 15.0 Å². The largest absolute Gasteiger partial charge is 0.363 e. The van der Waals surface area contributed by atoms with Crippen molar-refractivity contribution in [3.05, 3.63) is 78.4 Å². The number of benzene rings is 2. The van der Waals surface area contributed by atoms with Gasteiger partial charge >= 0.3 is 0 Å². The highest BCUT2D eigenvalue weighted by Gasteiger charge is 2.22. The second kappa shape index (κ2) is 7.51. The van der Waals surface area contributed by atoms with Gasteiger partial charge in [0, 0.05) is 23.2 Å². The first-order chi connectivity index (χ1) is 13.9. The van der Waals surface area contributed by atoms with Crippen LogP contribution < -0.4 is 5.32 Å². The van der Waals surface area contributed by atoms with Gasteiger partial charge in [-0.2, -0.15) is 0 Å².